The van der Waals surface area contributed by atoms with E-state index in [2.05, 4.69) is 178 Å². The van der Waals surface area contributed by atoms with Gasteiger partial charge in [-0.15, -0.1) is 0 Å². The standard InChI is InChI=1S/C52H30N4/c1-54-44-24-29-47(55-45-25-22-37(33-12-4-2-5-13-33)30-41(45)50-39-18-10-8-16-35(39)20-27-48(50)55)43(32-53)52(44)56-46-26-23-38(34-14-6-3-7-15-34)31-42(46)51-40-19-11-9-17-36(40)21-28-49(51)56/h2-31H. The topological polar surface area (TPSA) is 38.0 Å². The van der Waals surface area contributed by atoms with Crippen LogP contribution in [0.5, 0.6) is 0 Å². The number of benzene rings is 9. The van der Waals surface area contributed by atoms with Crippen LogP contribution in [-0.2, 0) is 0 Å². The number of hydrogen-bond acceptors (Lipinski definition) is 1. The highest BCUT2D eigenvalue weighted by molar-refractivity contribution is 6.23. The zero-order valence-electron chi connectivity index (χ0n) is 30.1. The third-order valence-corrected chi connectivity index (χ3v) is 11.4. The van der Waals surface area contributed by atoms with Crippen molar-refractivity contribution < 1.29 is 0 Å². The molecule has 4 heteroatoms. The van der Waals surface area contributed by atoms with Crippen LogP contribution < -0.4 is 0 Å². The number of nitrogens with zero attached hydrogens (tertiary/aromatic N) is 4. The van der Waals surface area contributed by atoms with Crippen LogP contribution in [0.15, 0.2) is 182 Å². The van der Waals surface area contributed by atoms with E-state index in [9.17, 15) is 5.26 Å². The Morgan fingerprint density at radius 1 is 0.429 bits per heavy atom. The Balaban J connectivity index is 1.26. The lowest BCUT2D eigenvalue weighted by Crippen LogP contribution is -2.04. The zero-order chi connectivity index (χ0) is 37.3. The molecule has 0 aliphatic rings. The largest absolute Gasteiger partial charge is 0.318 e. The summed E-state index contributed by atoms with van der Waals surface area (Å²) in [5.41, 5.74) is 10.6. The van der Waals surface area contributed by atoms with Crippen LogP contribution in [0.3, 0.4) is 0 Å². The highest BCUT2D eigenvalue weighted by Crippen LogP contribution is 2.45. The minimum Gasteiger partial charge on any atom is -0.318 e. The van der Waals surface area contributed by atoms with Gasteiger partial charge in [0.05, 0.1) is 45.6 Å². The molecule has 0 saturated heterocycles. The van der Waals surface area contributed by atoms with Crippen LogP contribution >= 0.6 is 0 Å². The molecule has 0 spiro atoms. The molecule has 0 unspecified atom stereocenters. The fourth-order valence-electron chi connectivity index (χ4n) is 8.88. The molecule has 2 aromatic heterocycles. The first-order chi connectivity index (χ1) is 27.7. The van der Waals surface area contributed by atoms with Crippen molar-refractivity contribution in [3.63, 3.8) is 0 Å². The van der Waals surface area contributed by atoms with Crippen LogP contribution in [0.25, 0.3) is 104 Å². The number of aromatic nitrogens is 2. The van der Waals surface area contributed by atoms with Crippen molar-refractivity contribution in [3.8, 4) is 39.7 Å². The summed E-state index contributed by atoms with van der Waals surface area (Å²) in [6, 6.07) is 66.0. The molecular weight excluding hydrogens is 681 g/mol. The summed E-state index contributed by atoms with van der Waals surface area (Å²) >= 11 is 0. The van der Waals surface area contributed by atoms with E-state index in [1.165, 1.54) is 0 Å². The Labute approximate surface area is 322 Å². The van der Waals surface area contributed by atoms with Crippen LogP contribution in [0.2, 0.25) is 0 Å². The Bertz CT molecular complexity index is 3480. The van der Waals surface area contributed by atoms with E-state index in [0.717, 1.165) is 93.1 Å². The van der Waals surface area contributed by atoms with Gasteiger partial charge in [0, 0.05) is 21.5 Å². The Morgan fingerprint density at radius 3 is 1.45 bits per heavy atom. The number of nitriles is 1. The predicted octanol–water partition coefficient (Wildman–Crippen LogP) is 13.9. The van der Waals surface area contributed by atoms with Gasteiger partial charge in [-0.1, -0.05) is 140 Å². The summed E-state index contributed by atoms with van der Waals surface area (Å²) in [6.45, 7) is 8.45. The Hall–Kier alpha value is -7.92. The lowest BCUT2D eigenvalue weighted by Gasteiger charge is -2.18. The van der Waals surface area contributed by atoms with Crippen molar-refractivity contribution in [2.24, 2.45) is 0 Å². The first kappa shape index (κ1) is 31.6. The van der Waals surface area contributed by atoms with Gasteiger partial charge >= 0.3 is 0 Å². The summed E-state index contributed by atoms with van der Waals surface area (Å²) < 4.78 is 4.37. The second-order valence-corrected chi connectivity index (χ2v) is 14.3. The monoisotopic (exact) mass is 710 g/mol. The van der Waals surface area contributed by atoms with Crippen molar-refractivity contribution in [2.45, 2.75) is 0 Å². The van der Waals surface area contributed by atoms with Crippen LogP contribution in [0.4, 0.5) is 5.69 Å². The Kier molecular flexibility index (Phi) is 6.95. The van der Waals surface area contributed by atoms with Gasteiger partial charge in [0.15, 0.2) is 0 Å². The molecule has 11 rings (SSSR count). The molecule has 258 valence electrons. The van der Waals surface area contributed by atoms with E-state index in [-0.39, 0.29) is 0 Å². The maximum absolute atomic E-state index is 11.4. The summed E-state index contributed by atoms with van der Waals surface area (Å²) in [5.74, 6) is 0. The van der Waals surface area contributed by atoms with Crippen molar-refractivity contribution in [3.05, 3.63) is 199 Å². The van der Waals surface area contributed by atoms with Gasteiger partial charge in [-0.3, -0.25) is 0 Å². The lowest BCUT2D eigenvalue weighted by atomic mass is 10.0. The molecular formula is C52H30N4. The fraction of sp³-hybridized carbons (Fsp3) is 0. The summed E-state index contributed by atoms with van der Waals surface area (Å²) in [6.07, 6.45) is 0. The third kappa shape index (κ3) is 4.57. The molecule has 2 heterocycles. The normalized spacial score (nSPS) is 11.5. The van der Waals surface area contributed by atoms with Crippen LogP contribution in [0, 0.1) is 17.9 Å². The molecule has 11 aromatic rings. The second-order valence-electron chi connectivity index (χ2n) is 14.3. The number of rotatable bonds is 4. The summed E-state index contributed by atoms with van der Waals surface area (Å²) in [7, 11) is 0. The highest BCUT2D eigenvalue weighted by atomic mass is 15.0. The molecule has 0 atom stereocenters. The molecule has 0 fully saturated rings. The third-order valence-electron chi connectivity index (χ3n) is 11.4. The van der Waals surface area contributed by atoms with Gasteiger partial charge in [-0.25, -0.2) is 4.85 Å². The average molecular weight is 711 g/mol. The minimum atomic E-state index is 0.418. The predicted molar refractivity (Wildman–Crippen MR) is 232 cm³/mol. The van der Waals surface area contributed by atoms with Gasteiger partial charge in [0.2, 0.25) is 5.69 Å². The quantitative estimate of drug-likeness (QED) is 0.168. The SMILES string of the molecule is [C-]#[N+]c1ccc(-n2c3ccc(-c4ccccc4)cc3c3c4ccccc4ccc32)c(C#N)c1-n1c2ccc(-c3ccccc3)cc2c2c3ccccc3ccc21. The van der Waals surface area contributed by atoms with Crippen molar-refractivity contribution in [1.82, 2.24) is 9.13 Å². The van der Waals surface area contributed by atoms with Crippen molar-refractivity contribution in [2.75, 3.05) is 0 Å². The Morgan fingerprint density at radius 2 is 0.911 bits per heavy atom. The number of hydrogen-bond donors (Lipinski definition) is 0. The average Bonchev–Trinajstić information content (AvgIpc) is 3.78. The van der Waals surface area contributed by atoms with Crippen LogP contribution in [-0.4, -0.2) is 9.13 Å². The van der Waals surface area contributed by atoms with E-state index in [0.29, 0.717) is 16.9 Å². The van der Waals surface area contributed by atoms with Gasteiger partial charge in [-0.05, 0) is 86.3 Å². The molecule has 9 aromatic carbocycles. The lowest BCUT2D eigenvalue weighted by molar-refractivity contribution is 1.12. The van der Waals surface area contributed by atoms with Gasteiger partial charge in [0.25, 0.3) is 0 Å². The van der Waals surface area contributed by atoms with E-state index >= 15 is 0 Å². The molecule has 0 bridgehead atoms. The first-order valence-corrected chi connectivity index (χ1v) is 18.7. The molecule has 0 radical (unpaired) electrons. The number of fused-ring (bicyclic) bond motifs is 10. The molecule has 0 aliphatic carbocycles. The van der Waals surface area contributed by atoms with Crippen molar-refractivity contribution >= 4 is 70.8 Å². The van der Waals surface area contributed by atoms with E-state index in [1.807, 2.05) is 24.3 Å². The minimum absolute atomic E-state index is 0.418. The molecule has 0 aliphatic heterocycles. The maximum Gasteiger partial charge on any atom is 0.212 e. The zero-order valence-corrected chi connectivity index (χ0v) is 30.1. The highest BCUT2D eigenvalue weighted by Gasteiger charge is 2.25. The van der Waals surface area contributed by atoms with Gasteiger partial charge in [-0.2, -0.15) is 5.26 Å². The van der Waals surface area contributed by atoms with E-state index in [4.69, 9.17) is 6.57 Å². The van der Waals surface area contributed by atoms with Gasteiger partial charge < -0.3 is 9.13 Å². The second kappa shape index (κ2) is 12.3. The molecule has 0 saturated carbocycles. The maximum atomic E-state index is 11.4. The van der Waals surface area contributed by atoms with Gasteiger partial charge in [0.1, 0.15) is 6.07 Å². The molecule has 0 amide bonds. The molecule has 56 heavy (non-hydrogen) atoms. The fourth-order valence-corrected chi connectivity index (χ4v) is 8.88. The van der Waals surface area contributed by atoms with Crippen LogP contribution in [0.1, 0.15) is 5.56 Å². The summed E-state index contributed by atoms with van der Waals surface area (Å²) in [5, 5.41) is 20.3. The van der Waals surface area contributed by atoms with E-state index in [1.54, 1.807) is 0 Å². The summed E-state index contributed by atoms with van der Waals surface area (Å²) in [4.78, 5) is 4.08. The van der Waals surface area contributed by atoms with Crippen molar-refractivity contribution in [1.29, 1.82) is 5.26 Å². The smallest absolute Gasteiger partial charge is 0.212 e. The molecule has 0 N–H and O–H groups in total. The van der Waals surface area contributed by atoms with E-state index < -0.39 is 0 Å². The molecule has 4 nitrogen and oxygen atoms in total. The first-order valence-electron chi connectivity index (χ1n) is 18.7.